The normalized spacial score (nSPS) is 11.9. The van der Waals surface area contributed by atoms with Gasteiger partial charge in [-0.05, 0) is 29.8 Å². The number of halogens is 4. The minimum Gasteiger partial charge on any atom is -0.352 e. The summed E-state index contributed by atoms with van der Waals surface area (Å²) in [6, 6.07) is 10.8. The first-order valence-corrected chi connectivity index (χ1v) is 7.86. The third kappa shape index (κ3) is 5.31. The Balaban J connectivity index is 0.00000261. The Morgan fingerprint density at radius 3 is 2.59 bits per heavy atom. The van der Waals surface area contributed by atoms with E-state index < -0.39 is 11.7 Å². The van der Waals surface area contributed by atoms with Gasteiger partial charge in [0.15, 0.2) is 17.4 Å². The Morgan fingerprint density at radius 1 is 1.07 bits per heavy atom. The van der Waals surface area contributed by atoms with Crippen LogP contribution in [0.5, 0.6) is 0 Å². The van der Waals surface area contributed by atoms with Gasteiger partial charge in [0.05, 0.1) is 12.1 Å². The number of alkyl halides is 3. The van der Waals surface area contributed by atoms with Gasteiger partial charge in [0.1, 0.15) is 0 Å². The molecule has 2 heterocycles. The van der Waals surface area contributed by atoms with E-state index in [1.54, 1.807) is 13.1 Å². The molecule has 0 aliphatic rings. The van der Waals surface area contributed by atoms with Gasteiger partial charge in [-0.25, -0.2) is 0 Å². The predicted octanol–water partition coefficient (Wildman–Crippen LogP) is 3.23. The number of hydrogen-bond acceptors (Lipinski definition) is 3. The zero-order valence-electron chi connectivity index (χ0n) is 14.4. The third-order valence-electron chi connectivity index (χ3n) is 3.74. The third-order valence-corrected chi connectivity index (χ3v) is 3.74. The van der Waals surface area contributed by atoms with E-state index in [0.29, 0.717) is 23.9 Å². The number of nitrogens with one attached hydrogen (secondary N) is 2. The van der Waals surface area contributed by atoms with E-state index in [-0.39, 0.29) is 30.5 Å². The minimum atomic E-state index is -4.36. The van der Waals surface area contributed by atoms with E-state index in [9.17, 15) is 13.2 Å². The van der Waals surface area contributed by atoms with Crippen LogP contribution in [0.3, 0.4) is 0 Å². The number of nitrogens with zero attached hydrogens (tertiary/aromatic N) is 4. The van der Waals surface area contributed by atoms with Crippen LogP contribution < -0.4 is 10.6 Å². The van der Waals surface area contributed by atoms with Gasteiger partial charge in [-0.3, -0.25) is 9.39 Å². The molecule has 0 amide bonds. The molecule has 0 saturated heterocycles. The first kappa shape index (κ1) is 20.9. The largest absolute Gasteiger partial charge is 0.416 e. The SMILES string of the molecule is CN=C(NCc1cccc(C(F)(F)F)c1)NCc1nnc2ccccn12.I. The van der Waals surface area contributed by atoms with Crippen LogP contribution in [-0.2, 0) is 19.3 Å². The van der Waals surface area contributed by atoms with Crippen LogP contribution in [0.2, 0.25) is 0 Å². The van der Waals surface area contributed by atoms with Crippen molar-refractivity contribution in [2.24, 2.45) is 4.99 Å². The Labute approximate surface area is 170 Å². The fourth-order valence-electron chi connectivity index (χ4n) is 2.44. The number of guanidine groups is 1. The van der Waals surface area contributed by atoms with Crippen molar-refractivity contribution >= 4 is 35.6 Å². The molecule has 0 bridgehead atoms. The Bertz CT molecular complexity index is 922. The lowest BCUT2D eigenvalue weighted by Crippen LogP contribution is -2.36. The van der Waals surface area contributed by atoms with Crippen LogP contribution in [0.4, 0.5) is 13.2 Å². The molecule has 0 aliphatic carbocycles. The summed E-state index contributed by atoms with van der Waals surface area (Å²) in [5, 5.41) is 14.2. The van der Waals surface area contributed by atoms with Crippen molar-refractivity contribution in [1.82, 2.24) is 25.2 Å². The summed E-state index contributed by atoms with van der Waals surface area (Å²) in [5.41, 5.74) is 0.571. The highest BCUT2D eigenvalue weighted by Gasteiger charge is 2.30. The summed E-state index contributed by atoms with van der Waals surface area (Å²) in [6.07, 6.45) is -2.50. The van der Waals surface area contributed by atoms with E-state index in [1.807, 2.05) is 28.8 Å². The van der Waals surface area contributed by atoms with E-state index in [4.69, 9.17) is 0 Å². The van der Waals surface area contributed by atoms with Crippen LogP contribution in [-0.4, -0.2) is 27.6 Å². The molecule has 0 saturated carbocycles. The summed E-state index contributed by atoms with van der Waals surface area (Å²) in [5.74, 6) is 1.15. The molecule has 0 unspecified atom stereocenters. The molecular formula is C17H18F3IN6. The number of hydrogen-bond donors (Lipinski definition) is 2. The Hall–Kier alpha value is -2.37. The smallest absolute Gasteiger partial charge is 0.352 e. The highest BCUT2D eigenvalue weighted by Crippen LogP contribution is 2.29. The highest BCUT2D eigenvalue weighted by atomic mass is 127. The van der Waals surface area contributed by atoms with Crippen molar-refractivity contribution in [3.05, 3.63) is 65.6 Å². The Kier molecular flexibility index (Phi) is 6.99. The summed E-state index contributed by atoms with van der Waals surface area (Å²) in [7, 11) is 1.59. The number of pyridine rings is 1. The molecule has 1 aromatic carbocycles. The second-order valence-electron chi connectivity index (χ2n) is 5.52. The molecule has 0 spiro atoms. The maximum atomic E-state index is 12.8. The first-order valence-electron chi connectivity index (χ1n) is 7.86. The molecule has 0 atom stereocenters. The monoisotopic (exact) mass is 490 g/mol. The van der Waals surface area contributed by atoms with Gasteiger partial charge in [-0.2, -0.15) is 13.2 Å². The van der Waals surface area contributed by atoms with Gasteiger partial charge in [0.25, 0.3) is 0 Å². The molecule has 27 heavy (non-hydrogen) atoms. The average molecular weight is 490 g/mol. The van der Waals surface area contributed by atoms with Crippen LogP contribution >= 0.6 is 24.0 Å². The van der Waals surface area contributed by atoms with E-state index in [2.05, 4.69) is 25.8 Å². The molecule has 0 radical (unpaired) electrons. The van der Waals surface area contributed by atoms with Gasteiger partial charge < -0.3 is 10.6 Å². The van der Waals surface area contributed by atoms with Crippen molar-refractivity contribution in [3.63, 3.8) is 0 Å². The second kappa shape index (κ2) is 9.02. The maximum Gasteiger partial charge on any atom is 0.416 e. The van der Waals surface area contributed by atoms with Gasteiger partial charge in [-0.15, -0.1) is 34.2 Å². The molecule has 3 rings (SSSR count). The summed E-state index contributed by atoms with van der Waals surface area (Å²) in [4.78, 5) is 4.07. The van der Waals surface area contributed by atoms with Crippen molar-refractivity contribution in [2.75, 3.05) is 7.05 Å². The number of rotatable bonds is 4. The topological polar surface area (TPSA) is 66.6 Å². The molecule has 0 fully saturated rings. The molecule has 2 aromatic heterocycles. The highest BCUT2D eigenvalue weighted by molar-refractivity contribution is 14.0. The van der Waals surface area contributed by atoms with Gasteiger partial charge in [-0.1, -0.05) is 18.2 Å². The van der Waals surface area contributed by atoms with Crippen LogP contribution in [0.15, 0.2) is 53.7 Å². The van der Waals surface area contributed by atoms with Crippen molar-refractivity contribution in [1.29, 1.82) is 0 Å². The average Bonchev–Trinajstić information content (AvgIpc) is 3.05. The molecule has 3 aromatic rings. The molecular weight excluding hydrogens is 472 g/mol. The second-order valence-corrected chi connectivity index (χ2v) is 5.52. The lowest BCUT2D eigenvalue weighted by molar-refractivity contribution is -0.137. The number of fused-ring (bicyclic) bond motifs is 1. The van der Waals surface area contributed by atoms with Gasteiger partial charge in [0, 0.05) is 19.8 Å². The Morgan fingerprint density at radius 2 is 1.85 bits per heavy atom. The first-order chi connectivity index (χ1) is 12.5. The number of aromatic nitrogens is 3. The summed E-state index contributed by atoms with van der Waals surface area (Å²) < 4.78 is 40.1. The zero-order chi connectivity index (χ0) is 18.6. The van der Waals surface area contributed by atoms with Crippen LogP contribution in [0.1, 0.15) is 17.0 Å². The fraction of sp³-hybridized carbons (Fsp3) is 0.235. The predicted molar refractivity (Wildman–Crippen MR) is 107 cm³/mol. The quantitative estimate of drug-likeness (QED) is 0.335. The standard InChI is InChI=1S/C17H17F3N6.HI/c1-21-16(22-10-12-5-4-6-13(9-12)17(18,19)20)23-11-15-25-24-14-7-2-3-8-26(14)15;/h2-9H,10-11H2,1H3,(H2,21,22,23);1H. The van der Waals surface area contributed by atoms with Crippen LogP contribution in [0, 0.1) is 0 Å². The molecule has 144 valence electrons. The van der Waals surface area contributed by atoms with Gasteiger partial charge >= 0.3 is 6.18 Å². The molecule has 0 aliphatic heterocycles. The van der Waals surface area contributed by atoms with Crippen molar-refractivity contribution < 1.29 is 13.2 Å². The molecule has 2 N–H and O–H groups in total. The van der Waals surface area contributed by atoms with Gasteiger partial charge in [0.2, 0.25) is 0 Å². The lowest BCUT2D eigenvalue weighted by atomic mass is 10.1. The van der Waals surface area contributed by atoms with Crippen LogP contribution in [0.25, 0.3) is 5.65 Å². The van der Waals surface area contributed by atoms with E-state index >= 15 is 0 Å². The van der Waals surface area contributed by atoms with E-state index in [1.165, 1.54) is 6.07 Å². The number of aliphatic imine (C=N–C) groups is 1. The van der Waals surface area contributed by atoms with Crippen molar-refractivity contribution in [2.45, 2.75) is 19.3 Å². The molecule has 6 nitrogen and oxygen atoms in total. The number of benzene rings is 1. The summed E-state index contributed by atoms with van der Waals surface area (Å²) in [6.45, 7) is 0.581. The maximum absolute atomic E-state index is 12.8. The summed E-state index contributed by atoms with van der Waals surface area (Å²) >= 11 is 0. The van der Waals surface area contributed by atoms with Crippen molar-refractivity contribution in [3.8, 4) is 0 Å². The molecule has 10 heteroatoms. The zero-order valence-corrected chi connectivity index (χ0v) is 16.7. The minimum absolute atomic E-state index is 0. The lowest BCUT2D eigenvalue weighted by Gasteiger charge is -2.13. The van der Waals surface area contributed by atoms with E-state index in [0.717, 1.165) is 17.8 Å². The fourth-order valence-corrected chi connectivity index (χ4v) is 2.44.